The monoisotopic (exact) mass is 496 g/mol. The molecule has 2 aromatic carbocycles. The number of nitro benzene ring substituents is 1. The van der Waals surface area contributed by atoms with Gasteiger partial charge in [0.05, 0.1) is 21.3 Å². The quantitative estimate of drug-likeness (QED) is 0.0909. The van der Waals surface area contributed by atoms with Crippen molar-refractivity contribution < 1.29 is 4.92 Å². The average Bonchev–Trinajstić information content (AvgIpc) is 3.43. The van der Waals surface area contributed by atoms with E-state index in [1.807, 2.05) is 32.3 Å². The van der Waals surface area contributed by atoms with Crippen LogP contribution in [0.25, 0.3) is 21.8 Å². The van der Waals surface area contributed by atoms with Gasteiger partial charge >= 0.3 is 0 Å². The number of nitrogen functional groups attached to an aromatic ring is 1. The van der Waals surface area contributed by atoms with E-state index in [1.165, 1.54) is 12.1 Å². The zero-order chi connectivity index (χ0) is 26.1. The molecule has 0 amide bonds. The van der Waals surface area contributed by atoms with E-state index in [2.05, 4.69) is 54.9 Å². The number of nitrogens with two attached hydrogens (primary N) is 1. The molecular weight excluding hydrogens is 460 g/mol. The standard InChI is InChI=1S/C12H17N5O2.C12H19N5/c1-16(2)7-3-6-13-12-10-8-9(17(18)19)4-5-11(10)14-15-12;1-17(2)7-3-6-14-12-10-8-9(13)4-5-11(10)15-16-12/h4-5,8H,3,6-7H2,1-2H3,(H2,13,14,15);4-5,8H,3,6-7,13H2,1-2H3,(H2,14,15,16). The van der Waals surface area contributed by atoms with Crippen LogP contribution < -0.4 is 16.4 Å². The van der Waals surface area contributed by atoms with E-state index in [4.69, 9.17) is 5.73 Å². The van der Waals surface area contributed by atoms with Crippen LogP contribution in [-0.2, 0) is 0 Å². The number of nitrogens with zero attached hydrogens (tertiary/aromatic N) is 5. The normalized spacial score (nSPS) is 11.2. The van der Waals surface area contributed by atoms with Crippen LogP contribution in [0, 0.1) is 10.1 Å². The molecule has 0 unspecified atom stereocenters. The molecule has 4 aromatic rings. The van der Waals surface area contributed by atoms with E-state index in [0.29, 0.717) is 5.82 Å². The zero-order valence-electron chi connectivity index (χ0n) is 21.3. The Morgan fingerprint density at radius 2 is 1.36 bits per heavy atom. The second-order valence-corrected chi connectivity index (χ2v) is 9.10. The molecular formula is C24H36N10O2. The van der Waals surface area contributed by atoms with Crippen molar-refractivity contribution in [3.05, 3.63) is 46.5 Å². The van der Waals surface area contributed by atoms with Gasteiger partial charge in [-0.2, -0.15) is 10.2 Å². The van der Waals surface area contributed by atoms with E-state index < -0.39 is 4.92 Å². The summed E-state index contributed by atoms with van der Waals surface area (Å²) in [4.78, 5) is 14.6. The third-order valence-corrected chi connectivity index (χ3v) is 5.49. The number of nitrogens with one attached hydrogen (secondary N) is 4. The number of benzene rings is 2. The maximum Gasteiger partial charge on any atom is 0.270 e. The molecule has 2 aromatic heterocycles. The van der Waals surface area contributed by atoms with Crippen molar-refractivity contribution in [3.8, 4) is 0 Å². The third-order valence-electron chi connectivity index (χ3n) is 5.49. The Bertz CT molecular complexity index is 1260. The highest BCUT2D eigenvalue weighted by molar-refractivity contribution is 5.92. The molecule has 0 saturated heterocycles. The minimum absolute atomic E-state index is 0.0743. The lowest BCUT2D eigenvalue weighted by Gasteiger charge is -2.09. The summed E-state index contributed by atoms with van der Waals surface area (Å²) in [5.41, 5.74) is 8.41. The van der Waals surface area contributed by atoms with Crippen LogP contribution >= 0.6 is 0 Å². The lowest BCUT2D eigenvalue weighted by Crippen LogP contribution is -2.16. The van der Waals surface area contributed by atoms with Crippen molar-refractivity contribution in [3.63, 3.8) is 0 Å². The first-order chi connectivity index (χ1) is 17.2. The van der Waals surface area contributed by atoms with E-state index >= 15 is 0 Å². The molecule has 0 spiro atoms. The topological polar surface area (TPSA) is 157 Å². The minimum Gasteiger partial charge on any atom is -0.399 e. The Labute approximate surface area is 210 Å². The molecule has 0 aliphatic rings. The van der Waals surface area contributed by atoms with Gasteiger partial charge in [0.15, 0.2) is 11.6 Å². The summed E-state index contributed by atoms with van der Waals surface area (Å²) in [6.07, 6.45) is 2.07. The molecule has 0 atom stereocenters. The highest BCUT2D eigenvalue weighted by atomic mass is 16.6. The Kier molecular flexibility index (Phi) is 9.42. The van der Waals surface area contributed by atoms with Crippen LogP contribution in [0.1, 0.15) is 12.8 Å². The fourth-order valence-corrected chi connectivity index (χ4v) is 3.62. The number of H-pyrrole nitrogens is 2. The molecule has 0 saturated carbocycles. The molecule has 0 fully saturated rings. The Hall–Kier alpha value is -3.90. The van der Waals surface area contributed by atoms with Crippen molar-refractivity contribution in [2.45, 2.75) is 12.8 Å². The van der Waals surface area contributed by atoms with E-state index in [-0.39, 0.29) is 5.69 Å². The number of anilines is 3. The van der Waals surface area contributed by atoms with Crippen molar-refractivity contribution in [2.24, 2.45) is 0 Å². The van der Waals surface area contributed by atoms with Crippen LogP contribution in [0.4, 0.5) is 23.0 Å². The predicted octanol–water partition coefficient (Wildman–Crippen LogP) is 3.34. The molecule has 0 radical (unpaired) electrons. The van der Waals surface area contributed by atoms with Crippen molar-refractivity contribution in [2.75, 3.05) is 70.7 Å². The van der Waals surface area contributed by atoms with Gasteiger partial charge in [0.2, 0.25) is 0 Å². The zero-order valence-corrected chi connectivity index (χ0v) is 21.3. The molecule has 12 nitrogen and oxygen atoms in total. The van der Waals surface area contributed by atoms with Gasteiger partial charge in [0.25, 0.3) is 5.69 Å². The number of non-ortho nitro benzene ring substituents is 1. The first-order valence-corrected chi connectivity index (χ1v) is 11.9. The van der Waals surface area contributed by atoms with Gasteiger partial charge in [-0.15, -0.1) is 0 Å². The summed E-state index contributed by atoms with van der Waals surface area (Å²) in [7, 11) is 8.19. The summed E-state index contributed by atoms with van der Waals surface area (Å²) in [5, 5.41) is 33.3. The lowest BCUT2D eigenvalue weighted by molar-refractivity contribution is -0.384. The highest BCUT2D eigenvalue weighted by Crippen LogP contribution is 2.25. The lowest BCUT2D eigenvalue weighted by atomic mass is 10.2. The number of rotatable bonds is 11. The number of fused-ring (bicyclic) bond motifs is 2. The number of nitro groups is 1. The number of aromatic amines is 2. The Morgan fingerprint density at radius 1 is 0.861 bits per heavy atom. The number of aromatic nitrogens is 4. The summed E-state index contributed by atoms with van der Waals surface area (Å²) < 4.78 is 0. The SMILES string of the molecule is CN(C)CCCNc1n[nH]c2ccc(N)cc12.CN(C)CCCNc1n[nH]c2ccc([N+](=O)[O-])cc12. The predicted molar refractivity (Wildman–Crippen MR) is 147 cm³/mol. The number of hydrogen-bond acceptors (Lipinski definition) is 9. The first kappa shape index (κ1) is 26.7. The number of hydrogen-bond donors (Lipinski definition) is 5. The largest absolute Gasteiger partial charge is 0.399 e. The van der Waals surface area contributed by atoms with Gasteiger partial charge in [0.1, 0.15) is 0 Å². The second kappa shape index (κ2) is 12.7. The molecule has 0 bridgehead atoms. The highest BCUT2D eigenvalue weighted by Gasteiger charge is 2.11. The van der Waals surface area contributed by atoms with Gasteiger partial charge in [-0.05, 0) is 78.4 Å². The van der Waals surface area contributed by atoms with E-state index in [9.17, 15) is 10.1 Å². The molecule has 4 rings (SSSR count). The fourth-order valence-electron chi connectivity index (χ4n) is 3.62. The summed E-state index contributed by atoms with van der Waals surface area (Å²) in [5.74, 6) is 1.54. The summed E-state index contributed by atoms with van der Waals surface area (Å²) >= 11 is 0. The van der Waals surface area contributed by atoms with Crippen LogP contribution in [-0.4, -0.2) is 89.5 Å². The molecule has 0 aliphatic carbocycles. The second-order valence-electron chi connectivity index (χ2n) is 9.10. The molecule has 0 aliphatic heterocycles. The van der Waals surface area contributed by atoms with Crippen LogP contribution in [0.15, 0.2) is 36.4 Å². The van der Waals surface area contributed by atoms with Gasteiger partial charge in [-0.25, -0.2) is 0 Å². The fraction of sp³-hybridized carbons (Fsp3) is 0.417. The van der Waals surface area contributed by atoms with Crippen molar-refractivity contribution in [1.29, 1.82) is 0 Å². The Morgan fingerprint density at radius 3 is 1.86 bits per heavy atom. The van der Waals surface area contributed by atoms with Crippen molar-refractivity contribution >= 4 is 44.8 Å². The summed E-state index contributed by atoms with van der Waals surface area (Å²) in [6, 6.07) is 10.4. The Balaban J connectivity index is 0.000000202. The van der Waals surface area contributed by atoms with Crippen LogP contribution in [0.5, 0.6) is 0 Å². The van der Waals surface area contributed by atoms with Crippen molar-refractivity contribution in [1.82, 2.24) is 30.2 Å². The summed E-state index contributed by atoms with van der Waals surface area (Å²) in [6.45, 7) is 3.74. The average molecular weight is 497 g/mol. The van der Waals surface area contributed by atoms with E-state index in [1.54, 1.807) is 6.07 Å². The first-order valence-electron chi connectivity index (χ1n) is 11.9. The van der Waals surface area contributed by atoms with Gasteiger partial charge < -0.3 is 26.2 Å². The molecule has 12 heteroatoms. The molecule has 6 N–H and O–H groups in total. The van der Waals surface area contributed by atoms with Gasteiger partial charge in [-0.3, -0.25) is 20.3 Å². The minimum atomic E-state index is -0.401. The maximum absolute atomic E-state index is 10.8. The smallest absolute Gasteiger partial charge is 0.270 e. The third kappa shape index (κ3) is 7.55. The van der Waals surface area contributed by atoms with Gasteiger partial charge in [0, 0.05) is 36.3 Å². The molecule has 194 valence electrons. The van der Waals surface area contributed by atoms with Crippen LogP contribution in [0.2, 0.25) is 0 Å². The maximum atomic E-state index is 10.8. The van der Waals surface area contributed by atoms with E-state index in [0.717, 1.165) is 72.3 Å². The van der Waals surface area contributed by atoms with Crippen LogP contribution in [0.3, 0.4) is 0 Å². The molecule has 2 heterocycles. The molecule has 36 heavy (non-hydrogen) atoms. The van der Waals surface area contributed by atoms with Gasteiger partial charge in [-0.1, -0.05) is 0 Å².